The summed E-state index contributed by atoms with van der Waals surface area (Å²) in [6, 6.07) is 6.03. The number of carbonyl (C=O) groups is 1. The second-order valence-corrected chi connectivity index (χ2v) is 7.08. The number of nitrogens with zero attached hydrogens (tertiary/aromatic N) is 1. The van der Waals surface area contributed by atoms with Crippen LogP contribution in [0.4, 0.5) is 5.69 Å². The quantitative estimate of drug-likeness (QED) is 0.854. The van der Waals surface area contributed by atoms with Gasteiger partial charge in [-0.15, -0.1) is 0 Å². The highest BCUT2D eigenvalue weighted by molar-refractivity contribution is 7.92. The second-order valence-electron chi connectivity index (χ2n) is 5.22. The lowest BCUT2D eigenvalue weighted by Gasteiger charge is -2.28. The van der Waals surface area contributed by atoms with Gasteiger partial charge in [0.25, 0.3) is 0 Å². The molecule has 1 aliphatic carbocycles. The third-order valence-electron chi connectivity index (χ3n) is 3.32. The molecule has 1 N–H and O–H groups in total. The molecule has 1 aromatic carbocycles. The standard InChI is InChI=1S/C14H20N2O4S/c1-10(14(17)15-11-7-8-11)16(21(3,18)19)12-5-4-6-13(9-12)20-2/h4-6,9-11H,7-8H2,1-3H3,(H,15,17)/t10-/m1/s1. The van der Waals surface area contributed by atoms with Gasteiger partial charge in [0.1, 0.15) is 11.8 Å². The van der Waals surface area contributed by atoms with Crippen LogP contribution >= 0.6 is 0 Å². The molecule has 0 radical (unpaired) electrons. The zero-order chi connectivity index (χ0) is 15.6. The molecule has 0 saturated heterocycles. The van der Waals surface area contributed by atoms with Gasteiger partial charge in [-0.3, -0.25) is 9.10 Å². The molecule has 1 atom stereocenters. The van der Waals surface area contributed by atoms with Crippen molar-refractivity contribution in [3.63, 3.8) is 0 Å². The molecule has 116 valence electrons. The Bertz CT molecular complexity index is 626. The Morgan fingerprint density at radius 3 is 2.62 bits per heavy atom. The summed E-state index contributed by atoms with van der Waals surface area (Å²) in [5.41, 5.74) is 0.412. The van der Waals surface area contributed by atoms with E-state index in [1.807, 2.05) is 0 Å². The number of hydrogen-bond donors (Lipinski definition) is 1. The lowest BCUT2D eigenvalue weighted by atomic mass is 10.2. The fourth-order valence-corrected chi connectivity index (χ4v) is 3.27. The molecule has 0 aliphatic heterocycles. The minimum atomic E-state index is -3.59. The van der Waals surface area contributed by atoms with Crippen LogP contribution in [0, 0.1) is 0 Å². The molecule has 1 saturated carbocycles. The molecule has 7 heteroatoms. The number of benzene rings is 1. The smallest absolute Gasteiger partial charge is 0.243 e. The molecular weight excluding hydrogens is 292 g/mol. The van der Waals surface area contributed by atoms with Crippen molar-refractivity contribution < 1.29 is 17.9 Å². The molecule has 21 heavy (non-hydrogen) atoms. The number of rotatable bonds is 6. The lowest BCUT2D eigenvalue weighted by molar-refractivity contribution is -0.121. The van der Waals surface area contributed by atoms with Crippen LogP contribution in [0.3, 0.4) is 0 Å². The van der Waals surface area contributed by atoms with Crippen LogP contribution < -0.4 is 14.4 Å². The third kappa shape index (κ3) is 3.87. The molecule has 6 nitrogen and oxygen atoms in total. The van der Waals surface area contributed by atoms with E-state index in [4.69, 9.17) is 4.74 Å². The van der Waals surface area contributed by atoms with Gasteiger partial charge in [-0.1, -0.05) is 6.07 Å². The Morgan fingerprint density at radius 2 is 2.10 bits per heavy atom. The minimum Gasteiger partial charge on any atom is -0.497 e. The largest absolute Gasteiger partial charge is 0.497 e. The molecule has 1 aromatic rings. The molecule has 0 spiro atoms. The van der Waals surface area contributed by atoms with Gasteiger partial charge in [0, 0.05) is 12.1 Å². The summed E-state index contributed by atoms with van der Waals surface area (Å²) in [4.78, 5) is 12.2. The number of methoxy groups -OCH3 is 1. The second kappa shape index (κ2) is 5.93. The number of carbonyl (C=O) groups excluding carboxylic acids is 1. The van der Waals surface area contributed by atoms with Crippen molar-refractivity contribution in [3.05, 3.63) is 24.3 Å². The Labute approximate surface area is 125 Å². The maximum Gasteiger partial charge on any atom is 0.243 e. The fourth-order valence-electron chi connectivity index (χ4n) is 2.11. The monoisotopic (exact) mass is 312 g/mol. The summed E-state index contributed by atoms with van der Waals surface area (Å²) in [7, 11) is -2.08. The van der Waals surface area contributed by atoms with Gasteiger partial charge in [0.15, 0.2) is 0 Å². The first-order valence-corrected chi connectivity index (χ1v) is 8.61. The third-order valence-corrected chi connectivity index (χ3v) is 4.56. The average molecular weight is 312 g/mol. The first-order valence-electron chi connectivity index (χ1n) is 6.77. The van der Waals surface area contributed by atoms with Crippen molar-refractivity contribution in [3.8, 4) is 5.75 Å². The lowest BCUT2D eigenvalue weighted by Crippen LogP contribution is -2.48. The summed E-state index contributed by atoms with van der Waals surface area (Å²) < 4.78 is 30.4. The van der Waals surface area contributed by atoms with Crippen molar-refractivity contribution in [1.82, 2.24) is 5.32 Å². The van der Waals surface area contributed by atoms with Crippen LogP contribution in [-0.4, -0.2) is 39.8 Å². The molecule has 1 aliphatic rings. The number of hydrogen-bond acceptors (Lipinski definition) is 4. The van der Waals surface area contributed by atoms with E-state index in [2.05, 4.69) is 5.32 Å². The topological polar surface area (TPSA) is 75.7 Å². The Hall–Kier alpha value is -1.76. The predicted octanol–water partition coefficient (Wildman–Crippen LogP) is 1.13. The highest BCUT2D eigenvalue weighted by Crippen LogP contribution is 2.26. The first-order chi connectivity index (χ1) is 9.82. The predicted molar refractivity (Wildman–Crippen MR) is 80.9 cm³/mol. The van der Waals surface area contributed by atoms with Crippen molar-refractivity contribution in [2.75, 3.05) is 17.7 Å². The number of ether oxygens (including phenoxy) is 1. The molecule has 0 bridgehead atoms. The highest BCUT2D eigenvalue weighted by atomic mass is 32.2. The van der Waals surface area contributed by atoms with Crippen LogP contribution in [0.5, 0.6) is 5.75 Å². The maximum atomic E-state index is 12.2. The zero-order valence-electron chi connectivity index (χ0n) is 12.4. The Balaban J connectivity index is 2.31. The van der Waals surface area contributed by atoms with Crippen LogP contribution in [0.1, 0.15) is 19.8 Å². The van der Waals surface area contributed by atoms with Crippen molar-refractivity contribution in [2.24, 2.45) is 0 Å². The van der Waals surface area contributed by atoms with Crippen LogP contribution in [-0.2, 0) is 14.8 Å². The van der Waals surface area contributed by atoms with E-state index in [0.717, 1.165) is 23.4 Å². The summed E-state index contributed by atoms with van der Waals surface area (Å²) >= 11 is 0. The number of nitrogens with one attached hydrogen (secondary N) is 1. The number of sulfonamides is 1. The summed E-state index contributed by atoms with van der Waals surface area (Å²) in [6.07, 6.45) is 3.00. The van der Waals surface area contributed by atoms with E-state index in [-0.39, 0.29) is 11.9 Å². The van der Waals surface area contributed by atoms with E-state index in [0.29, 0.717) is 11.4 Å². The number of anilines is 1. The van der Waals surface area contributed by atoms with Gasteiger partial charge in [0.2, 0.25) is 15.9 Å². The molecule has 0 heterocycles. The SMILES string of the molecule is COc1cccc(N([C@H](C)C(=O)NC2CC2)S(C)(=O)=O)c1. The van der Waals surface area contributed by atoms with Gasteiger partial charge in [0.05, 0.1) is 19.1 Å². The van der Waals surface area contributed by atoms with E-state index >= 15 is 0 Å². The van der Waals surface area contributed by atoms with Crippen LogP contribution in [0.25, 0.3) is 0 Å². The number of amides is 1. The first kappa shape index (κ1) is 15.6. The van der Waals surface area contributed by atoms with Crippen molar-refractivity contribution in [2.45, 2.75) is 31.8 Å². The normalized spacial score (nSPS) is 16.1. The van der Waals surface area contributed by atoms with Gasteiger partial charge < -0.3 is 10.1 Å². The maximum absolute atomic E-state index is 12.2. The van der Waals surface area contributed by atoms with Crippen molar-refractivity contribution >= 4 is 21.6 Å². The van der Waals surface area contributed by atoms with E-state index < -0.39 is 16.1 Å². The molecular formula is C14H20N2O4S. The van der Waals surface area contributed by atoms with Gasteiger partial charge >= 0.3 is 0 Å². The summed E-state index contributed by atoms with van der Waals surface area (Å²) in [5, 5.41) is 2.83. The van der Waals surface area contributed by atoms with Crippen molar-refractivity contribution in [1.29, 1.82) is 0 Å². The minimum absolute atomic E-state index is 0.187. The zero-order valence-corrected chi connectivity index (χ0v) is 13.2. The average Bonchev–Trinajstić information content (AvgIpc) is 3.21. The van der Waals surface area contributed by atoms with Gasteiger partial charge in [-0.05, 0) is 31.9 Å². The summed E-state index contributed by atoms with van der Waals surface area (Å²) in [6.45, 7) is 1.58. The Kier molecular flexibility index (Phi) is 4.41. The molecule has 0 aromatic heterocycles. The van der Waals surface area contributed by atoms with Crippen LogP contribution in [0.15, 0.2) is 24.3 Å². The van der Waals surface area contributed by atoms with E-state index in [1.165, 1.54) is 7.11 Å². The summed E-state index contributed by atoms with van der Waals surface area (Å²) in [5.74, 6) is 0.252. The molecule has 2 rings (SSSR count). The fraction of sp³-hybridized carbons (Fsp3) is 0.500. The molecule has 0 unspecified atom stereocenters. The van der Waals surface area contributed by atoms with E-state index in [9.17, 15) is 13.2 Å². The van der Waals surface area contributed by atoms with E-state index in [1.54, 1.807) is 31.2 Å². The highest BCUT2D eigenvalue weighted by Gasteiger charge is 2.32. The Morgan fingerprint density at radius 1 is 1.43 bits per heavy atom. The molecule has 1 amide bonds. The van der Waals surface area contributed by atoms with Gasteiger partial charge in [-0.2, -0.15) is 0 Å². The van der Waals surface area contributed by atoms with Crippen LogP contribution in [0.2, 0.25) is 0 Å². The van der Waals surface area contributed by atoms with Gasteiger partial charge in [-0.25, -0.2) is 8.42 Å². The molecule has 1 fully saturated rings.